The van der Waals surface area contributed by atoms with E-state index in [2.05, 4.69) is 26.2 Å². The van der Waals surface area contributed by atoms with Crippen molar-refractivity contribution in [2.24, 2.45) is 0 Å². The second kappa shape index (κ2) is 4.43. The van der Waals surface area contributed by atoms with Gasteiger partial charge in [-0.2, -0.15) is 0 Å². The number of nitrogens with one attached hydrogen (secondary N) is 1. The van der Waals surface area contributed by atoms with Crippen LogP contribution in [0.15, 0.2) is 29.0 Å². The minimum Gasteiger partial charge on any atom is -0.358 e. The van der Waals surface area contributed by atoms with Crippen LogP contribution in [0.25, 0.3) is 5.69 Å². The maximum Gasteiger partial charge on any atom is 0.207 e. The van der Waals surface area contributed by atoms with Crippen molar-refractivity contribution in [3.05, 3.63) is 39.8 Å². The highest BCUT2D eigenvalue weighted by Gasteiger charge is 2.12. The molecule has 3 nitrogen and oxygen atoms in total. The molecule has 0 amide bonds. The molecule has 16 heavy (non-hydrogen) atoms. The Morgan fingerprint density at radius 2 is 2.25 bits per heavy atom. The van der Waals surface area contributed by atoms with E-state index in [9.17, 15) is 4.39 Å². The fourth-order valence-corrected chi connectivity index (χ4v) is 2.47. The lowest BCUT2D eigenvalue weighted by Crippen LogP contribution is -2.02. The van der Waals surface area contributed by atoms with Gasteiger partial charge in [-0.3, -0.25) is 4.57 Å². The van der Waals surface area contributed by atoms with Crippen LogP contribution in [-0.2, 0) is 0 Å². The van der Waals surface area contributed by atoms with Crippen LogP contribution in [-0.4, -0.2) is 16.6 Å². The van der Waals surface area contributed by atoms with Crippen LogP contribution in [0.3, 0.4) is 0 Å². The molecule has 0 bridgehead atoms. The van der Waals surface area contributed by atoms with Crippen molar-refractivity contribution in [2.45, 2.75) is 0 Å². The van der Waals surface area contributed by atoms with Gasteiger partial charge in [0.2, 0.25) is 5.95 Å². The lowest BCUT2D eigenvalue weighted by atomic mass is 10.3. The molecule has 2 aromatic rings. The van der Waals surface area contributed by atoms with Crippen molar-refractivity contribution < 1.29 is 4.39 Å². The standard InChI is InChI=1S/C10H8BrClFN3/c1-14-10-15-2-3-16(10)9-7(11)4-6(13)5-8(9)12/h2-5H,1H3,(H,14,15). The van der Waals surface area contributed by atoms with Gasteiger partial charge in [-0.25, -0.2) is 9.37 Å². The summed E-state index contributed by atoms with van der Waals surface area (Å²) in [6.07, 6.45) is 3.38. The molecule has 0 radical (unpaired) electrons. The number of benzene rings is 1. The second-order valence-electron chi connectivity index (χ2n) is 3.09. The number of nitrogens with zero attached hydrogens (tertiary/aromatic N) is 2. The summed E-state index contributed by atoms with van der Waals surface area (Å²) in [5.74, 6) is 0.251. The Morgan fingerprint density at radius 1 is 1.50 bits per heavy atom. The Labute approximate surface area is 105 Å². The Morgan fingerprint density at radius 3 is 2.88 bits per heavy atom. The number of rotatable bonds is 2. The third kappa shape index (κ3) is 1.92. The van der Waals surface area contributed by atoms with Gasteiger partial charge in [-0.05, 0) is 28.1 Å². The molecule has 0 saturated carbocycles. The zero-order valence-corrected chi connectivity index (χ0v) is 10.7. The fraction of sp³-hybridized carbons (Fsp3) is 0.100. The van der Waals surface area contributed by atoms with Crippen molar-refractivity contribution >= 4 is 33.5 Å². The van der Waals surface area contributed by atoms with Crippen LogP contribution in [0, 0.1) is 5.82 Å². The summed E-state index contributed by atoms with van der Waals surface area (Å²) < 4.78 is 15.4. The van der Waals surface area contributed by atoms with Crippen LogP contribution in [0.2, 0.25) is 5.02 Å². The topological polar surface area (TPSA) is 29.9 Å². The molecule has 1 aromatic heterocycles. The number of hydrogen-bond donors (Lipinski definition) is 1. The lowest BCUT2D eigenvalue weighted by molar-refractivity contribution is 0.626. The molecule has 0 spiro atoms. The Balaban J connectivity index is 2.64. The summed E-state index contributed by atoms with van der Waals surface area (Å²) in [7, 11) is 1.75. The average molecular weight is 305 g/mol. The first-order chi connectivity index (χ1) is 7.63. The predicted molar refractivity (Wildman–Crippen MR) is 65.8 cm³/mol. The van der Waals surface area contributed by atoms with E-state index in [-0.39, 0.29) is 5.82 Å². The maximum atomic E-state index is 13.1. The molecule has 0 aliphatic carbocycles. The second-order valence-corrected chi connectivity index (χ2v) is 4.35. The zero-order chi connectivity index (χ0) is 11.7. The average Bonchev–Trinajstić information content (AvgIpc) is 2.64. The van der Waals surface area contributed by atoms with Crippen molar-refractivity contribution in [2.75, 3.05) is 12.4 Å². The van der Waals surface area contributed by atoms with E-state index in [1.54, 1.807) is 24.0 Å². The molecule has 0 unspecified atom stereocenters. The monoisotopic (exact) mass is 303 g/mol. The van der Waals surface area contributed by atoms with Gasteiger partial charge in [0.25, 0.3) is 0 Å². The smallest absolute Gasteiger partial charge is 0.207 e. The number of halogens is 3. The molecule has 0 aliphatic heterocycles. The maximum absolute atomic E-state index is 13.1. The van der Waals surface area contributed by atoms with Gasteiger partial charge in [-0.1, -0.05) is 11.6 Å². The highest BCUT2D eigenvalue weighted by Crippen LogP contribution is 2.31. The van der Waals surface area contributed by atoms with Gasteiger partial charge in [0.05, 0.1) is 10.7 Å². The molecule has 2 rings (SSSR count). The van der Waals surface area contributed by atoms with Gasteiger partial charge in [-0.15, -0.1) is 0 Å². The van der Waals surface area contributed by atoms with Crippen LogP contribution < -0.4 is 5.32 Å². The molecular weight excluding hydrogens is 296 g/mol. The molecule has 0 aliphatic rings. The predicted octanol–water partition coefficient (Wildman–Crippen LogP) is 3.47. The molecule has 1 aromatic carbocycles. The van der Waals surface area contributed by atoms with E-state index in [1.807, 2.05) is 0 Å². The minimum atomic E-state index is -0.383. The van der Waals surface area contributed by atoms with Gasteiger partial charge < -0.3 is 5.32 Å². The van der Waals surface area contributed by atoms with E-state index in [1.165, 1.54) is 12.1 Å². The minimum absolute atomic E-state index is 0.321. The zero-order valence-electron chi connectivity index (χ0n) is 8.34. The van der Waals surface area contributed by atoms with Crippen LogP contribution in [0.1, 0.15) is 0 Å². The summed E-state index contributed by atoms with van der Waals surface area (Å²) in [5.41, 5.74) is 0.657. The number of anilines is 1. The molecule has 84 valence electrons. The highest BCUT2D eigenvalue weighted by molar-refractivity contribution is 9.10. The van der Waals surface area contributed by atoms with Gasteiger partial charge in [0, 0.05) is 23.9 Å². The number of hydrogen-bond acceptors (Lipinski definition) is 2. The largest absolute Gasteiger partial charge is 0.358 e. The quantitative estimate of drug-likeness (QED) is 0.920. The molecule has 0 atom stereocenters. The van der Waals surface area contributed by atoms with Crippen molar-refractivity contribution in [3.63, 3.8) is 0 Å². The molecule has 1 heterocycles. The molecular formula is C10H8BrClFN3. The first kappa shape index (κ1) is 11.4. The Kier molecular flexibility index (Phi) is 3.16. The summed E-state index contributed by atoms with van der Waals surface area (Å²) in [4.78, 5) is 4.09. The van der Waals surface area contributed by atoms with Crippen molar-refractivity contribution in [3.8, 4) is 5.69 Å². The van der Waals surface area contributed by atoms with E-state index in [0.717, 1.165) is 0 Å². The van der Waals surface area contributed by atoms with E-state index in [4.69, 9.17) is 11.6 Å². The van der Waals surface area contributed by atoms with Gasteiger partial charge in [0.1, 0.15) is 5.82 Å². The van der Waals surface area contributed by atoms with Gasteiger partial charge in [0.15, 0.2) is 0 Å². The SMILES string of the molecule is CNc1nccn1-c1c(Cl)cc(F)cc1Br. The highest BCUT2D eigenvalue weighted by atomic mass is 79.9. The number of imidazole rings is 1. The molecule has 0 saturated heterocycles. The third-order valence-corrected chi connectivity index (χ3v) is 2.98. The molecule has 0 fully saturated rings. The Bertz CT molecular complexity index is 504. The van der Waals surface area contributed by atoms with E-state index in [0.29, 0.717) is 21.1 Å². The van der Waals surface area contributed by atoms with Gasteiger partial charge >= 0.3 is 0 Å². The third-order valence-electron chi connectivity index (χ3n) is 2.09. The van der Waals surface area contributed by atoms with Crippen LogP contribution in [0.4, 0.5) is 10.3 Å². The summed E-state index contributed by atoms with van der Waals surface area (Å²) >= 11 is 9.29. The van der Waals surface area contributed by atoms with Crippen molar-refractivity contribution in [1.82, 2.24) is 9.55 Å². The van der Waals surface area contributed by atoms with Crippen LogP contribution >= 0.6 is 27.5 Å². The van der Waals surface area contributed by atoms with E-state index < -0.39 is 0 Å². The fourth-order valence-electron chi connectivity index (χ4n) is 1.43. The summed E-state index contributed by atoms with van der Waals surface area (Å²) in [5, 5.41) is 3.24. The normalized spacial score (nSPS) is 10.5. The molecule has 1 N–H and O–H groups in total. The number of aromatic nitrogens is 2. The summed E-state index contributed by atoms with van der Waals surface area (Å²) in [6.45, 7) is 0. The Hall–Kier alpha value is -1.07. The lowest BCUT2D eigenvalue weighted by Gasteiger charge is -2.11. The first-order valence-electron chi connectivity index (χ1n) is 4.49. The first-order valence-corrected chi connectivity index (χ1v) is 5.66. The van der Waals surface area contributed by atoms with Crippen LogP contribution in [0.5, 0.6) is 0 Å². The van der Waals surface area contributed by atoms with Crippen molar-refractivity contribution in [1.29, 1.82) is 0 Å². The van der Waals surface area contributed by atoms with E-state index >= 15 is 0 Å². The summed E-state index contributed by atoms with van der Waals surface area (Å²) in [6, 6.07) is 2.63. The molecule has 6 heteroatoms.